The highest BCUT2D eigenvalue weighted by Crippen LogP contribution is 2.27. The number of nitro groups is 1. The molecule has 1 unspecified atom stereocenters. The molecule has 4 amide bonds. The van der Waals surface area contributed by atoms with Gasteiger partial charge in [-0.3, -0.25) is 29.3 Å². The number of thioether (sulfide) groups is 1. The van der Waals surface area contributed by atoms with Gasteiger partial charge in [-0.25, -0.2) is 0 Å². The van der Waals surface area contributed by atoms with Crippen LogP contribution in [0.3, 0.4) is 0 Å². The molecule has 0 fully saturated rings. The molecular formula is C32H27N5O6S. The van der Waals surface area contributed by atoms with E-state index in [-0.39, 0.29) is 22.9 Å². The zero-order chi connectivity index (χ0) is 31.6. The van der Waals surface area contributed by atoms with Gasteiger partial charge >= 0.3 is 0 Å². The second-order valence-corrected chi connectivity index (χ2v) is 10.8. The third-order valence-electron chi connectivity index (χ3n) is 6.17. The van der Waals surface area contributed by atoms with E-state index in [0.29, 0.717) is 27.4 Å². The van der Waals surface area contributed by atoms with E-state index < -0.39 is 27.9 Å². The molecular weight excluding hydrogens is 582 g/mol. The zero-order valence-corrected chi connectivity index (χ0v) is 24.2. The Bertz CT molecular complexity index is 1740. The summed E-state index contributed by atoms with van der Waals surface area (Å²) in [6, 6.07) is 27.1. The molecule has 0 aliphatic heterocycles. The minimum absolute atomic E-state index is 0.0911. The Morgan fingerprint density at radius 1 is 0.864 bits per heavy atom. The predicted molar refractivity (Wildman–Crippen MR) is 169 cm³/mol. The molecule has 0 aromatic heterocycles. The highest BCUT2D eigenvalue weighted by molar-refractivity contribution is 8.00. The lowest BCUT2D eigenvalue weighted by atomic mass is 10.1. The van der Waals surface area contributed by atoms with E-state index in [1.54, 1.807) is 79.7 Å². The first-order valence-corrected chi connectivity index (χ1v) is 14.1. The maximum absolute atomic E-state index is 13.4. The average molecular weight is 610 g/mol. The summed E-state index contributed by atoms with van der Waals surface area (Å²) in [7, 11) is 0. The number of anilines is 2. The van der Waals surface area contributed by atoms with Gasteiger partial charge < -0.3 is 21.7 Å². The Hall–Kier alpha value is -5.75. The van der Waals surface area contributed by atoms with E-state index >= 15 is 0 Å². The highest BCUT2D eigenvalue weighted by Gasteiger charge is 2.19. The average Bonchev–Trinajstić information content (AvgIpc) is 3.01. The standard InChI is InChI=1S/C32H27N5O6S/c1-20(30(39)35-27-13-6-5-12-26(27)29(33)38)44-25-11-7-10-23(19-25)34-32(41)28(36-31(40)22-8-3-2-4-9-22)18-21-14-16-24(17-15-21)37(42)43/h2-20H,1H3,(H2,33,38)(H,34,41)(H,35,39)(H,36,40)/b28-18+. The molecule has 0 saturated carbocycles. The number of primary amides is 1. The monoisotopic (exact) mass is 609 g/mol. The van der Waals surface area contributed by atoms with Gasteiger partial charge in [0.15, 0.2) is 0 Å². The number of non-ortho nitro benzene ring substituents is 1. The summed E-state index contributed by atoms with van der Waals surface area (Å²) < 4.78 is 0. The van der Waals surface area contributed by atoms with Crippen LogP contribution in [0.15, 0.2) is 114 Å². The lowest BCUT2D eigenvalue weighted by Crippen LogP contribution is -2.30. The van der Waals surface area contributed by atoms with Gasteiger partial charge in [-0.15, -0.1) is 11.8 Å². The van der Waals surface area contributed by atoms with Gasteiger partial charge in [-0.05, 0) is 73.2 Å². The van der Waals surface area contributed by atoms with Crippen molar-refractivity contribution in [2.45, 2.75) is 17.1 Å². The number of nitro benzene ring substituents is 1. The van der Waals surface area contributed by atoms with Gasteiger partial charge in [0.25, 0.3) is 23.4 Å². The highest BCUT2D eigenvalue weighted by atomic mass is 32.2. The molecule has 1 atom stereocenters. The van der Waals surface area contributed by atoms with E-state index in [0.717, 1.165) is 0 Å². The van der Waals surface area contributed by atoms with Crippen LogP contribution < -0.4 is 21.7 Å². The molecule has 0 spiro atoms. The summed E-state index contributed by atoms with van der Waals surface area (Å²) in [5.74, 6) is -2.17. The van der Waals surface area contributed by atoms with Gasteiger partial charge in [-0.1, -0.05) is 36.4 Å². The van der Waals surface area contributed by atoms with Crippen LogP contribution in [0, 0.1) is 10.1 Å². The normalized spacial score (nSPS) is 11.6. The Balaban J connectivity index is 1.50. The Labute approximate surface area is 256 Å². The number of benzene rings is 4. The molecule has 0 heterocycles. The number of hydrogen-bond donors (Lipinski definition) is 4. The van der Waals surface area contributed by atoms with Crippen LogP contribution in [-0.4, -0.2) is 33.8 Å². The van der Waals surface area contributed by atoms with Crippen LogP contribution in [0.25, 0.3) is 6.08 Å². The van der Waals surface area contributed by atoms with Crippen molar-refractivity contribution >= 4 is 58.5 Å². The second kappa shape index (κ2) is 14.4. The van der Waals surface area contributed by atoms with Crippen LogP contribution in [0.4, 0.5) is 17.1 Å². The molecule has 44 heavy (non-hydrogen) atoms. The first kappa shape index (κ1) is 31.2. The van der Waals surface area contributed by atoms with Crippen molar-refractivity contribution in [1.29, 1.82) is 0 Å². The number of nitrogens with one attached hydrogen (secondary N) is 3. The van der Waals surface area contributed by atoms with Crippen LogP contribution in [-0.2, 0) is 9.59 Å². The van der Waals surface area contributed by atoms with Crippen molar-refractivity contribution in [3.05, 3.63) is 136 Å². The van der Waals surface area contributed by atoms with Crippen molar-refractivity contribution in [1.82, 2.24) is 5.32 Å². The molecule has 4 aromatic carbocycles. The summed E-state index contributed by atoms with van der Waals surface area (Å²) in [6.45, 7) is 1.70. The third kappa shape index (κ3) is 8.39. The van der Waals surface area contributed by atoms with Gasteiger partial charge in [-0.2, -0.15) is 0 Å². The molecule has 0 saturated heterocycles. The van der Waals surface area contributed by atoms with Gasteiger partial charge in [0.2, 0.25) is 5.91 Å². The number of carbonyl (C=O) groups is 4. The van der Waals surface area contributed by atoms with E-state index in [9.17, 15) is 29.3 Å². The van der Waals surface area contributed by atoms with Crippen molar-refractivity contribution < 1.29 is 24.1 Å². The quantitative estimate of drug-likeness (QED) is 0.0780. The molecule has 12 heteroatoms. The fourth-order valence-corrected chi connectivity index (χ4v) is 4.87. The minimum atomic E-state index is -0.661. The minimum Gasteiger partial charge on any atom is -0.366 e. The molecule has 4 aromatic rings. The van der Waals surface area contributed by atoms with Gasteiger partial charge in [0.05, 0.1) is 21.4 Å². The van der Waals surface area contributed by atoms with Crippen molar-refractivity contribution in [3.8, 4) is 0 Å². The number of rotatable bonds is 11. The Morgan fingerprint density at radius 3 is 2.23 bits per heavy atom. The van der Waals surface area contributed by atoms with Crippen LogP contribution in [0.2, 0.25) is 0 Å². The van der Waals surface area contributed by atoms with E-state index in [1.165, 1.54) is 48.2 Å². The first-order chi connectivity index (χ1) is 21.1. The molecule has 4 rings (SSSR count). The molecule has 0 bridgehead atoms. The maximum atomic E-state index is 13.4. The number of hydrogen-bond acceptors (Lipinski definition) is 7. The lowest BCUT2D eigenvalue weighted by Gasteiger charge is -2.15. The van der Waals surface area contributed by atoms with E-state index in [2.05, 4.69) is 16.0 Å². The van der Waals surface area contributed by atoms with Crippen molar-refractivity contribution in [3.63, 3.8) is 0 Å². The Kier molecular flexibility index (Phi) is 10.2. The fraction of sp³-hybridized carbons (Fsp3) is 0.0625. The SMILES string of the molecule is CC(Sc1cccc(NC(=O)/C(=C\c2ccc([N+](=O)[O-])cc2)NC(=O)c2ccccc2)c1)C(=O)Nc1ccccc1C(N)=O. The second-order valence-electron chi connectivity index (χ2n) is 9.37. The van der Waals surface area contributed by atoms with Crippen molar-refractivity contribution in [2.75, 3.05) is 10.6 Å². The van der Waals surface area contributed by atoms with Crippen LogP contribution in [0.5, 0.6) is 0 Å². The number of amides is 4. The molecule has 11 nitrogen and oxygen atoms in total. The number of carbonyl (C=O) groups excluding carboxylic acids is 4. The maximum Gasteiger partial charge on any atom is 0.272 e. The zero-order valence-electron chi connectivity index (χ0n) is 23.4. The number of para-hydroxylation sites is 1. The van der Waals surface area contributed by atoms with Crippen LogP contribution in [0.1, 0.15) is 33.2 Å². The number of nitrogens with two attached hydrogens (primary N) is 1. The lowest BCUT2D eigenvalue weighted by molar-refractivity contribution is -0.384. The molecule has 0 radical (unpaired) electrons. The molecule has 0 aliphatic carbocycles. The summed E-state index contributed by atoms with van der Waals surface area (Å²) in [6.07, 6.45) is 1.41. The smallest absolute Gasteiger partial charge is 0.272 e. The largest absolute Gasteiger partial charge is 0.366 e. The van der Waals surface area contributed by atoms with Crippen molar-refractivity contribution in [2.24, 2.45) is 5.73 Å². The summed E-state index contributed by atoms with van der Waals surface area (Å²) in [4.78, 5) is 62.0. The van der Waals surface area contributed by atoms with Crippen LogP contribution >= 0.6 is 11.8 Å². The number of nitrogens with zero attached hydrogens (tertiary/aromatic N) is 1. The summed E-state index contributed by atoms with van der Waals surface area (Å²) in [5.41, 5.74) is 6.88. The van der Waals surface area contributed by atoms with Gasteiger partial charge in [0, 0.05) is 28.3 Å². The molecule has 5 N–H and O–H groups in total. The molecule has 222 valence electrons. The molecule has 0 aliphatic rings. The van der Waals surface area contributed by atoms with E-state index in [1.807, 2.05) is 0 Å². The summed E-state index contributed by atoms with van der Waals surface area (Å²) >= 11 is 1.23. The first-order valence-electron chi connectivity index (χ1n) is 13.2. The van der Waals surface area contributed by atoms with Gasteiger partial charge in [0.1, 0.15) is 5.70 Å². The Morgan fingerprint density at radius 2 is 1.55 bits per heavy atom. The predicted octanol–water partition coefficient (Wildman–Crippen LogP) is 5.22. The van der Waals surface area contributed by atoms with E-state index in [4.69, 9.17) is 5.73 Å². The fourth-order valence-electron chi connectivity index (χ4n) is 3.95. The summed E-state index contributed by atoms with van der Waals surface area (Å²) in [5, 5.41) is 18.5. The topological polar surface area (TPSA) is 174 Å². The third-order valence-corrected chi connectivity index (χ3v) is 7.26.